The van der Waals surface area contributed by atoms with Gasteiger partial charge in [-0.3, -0.25) is 4.79 Å². The number of pyridine rings is 1. The minimum Gasteiger partial charge on any atom is -0.356 e. The Balaban J connectivity index is 2.75. The summed E-state index contributed by atoms with van der Waals surface area (Å²) in [7, 11) is -1.99. The molecule has 0 aliphatic heterocycles. The normalized spacial score (nSPS) is 12.5. The number of hydrogen-bond donors (Lipinski definition) is 0. The van der Waals surface area contributed by atoms with E-state index in [9.17, 15) is 26.4 Å². The van der Waals surface area contributed by atoms with Crippen LogP contribution in [0.15, 0.2) is 23.2 Å². The number of hydrogen-bond acceptors (Lipinski definition) is 6. The fourth-order valence-corrected chi connectivity index (χ4v) is 2.76. The Labute approximate surface area is 148 Å². The maximum Gasteiger partial charge on any atom is 0.435 e. The molecule has 11 heteroatoms. The second-order valence-corrected chi connectivity index (χ2v) is 7.96. The zero-order chi connectivity index (χ0) is 19.9. The van der Waals surface area contributed by atoms with E-state index >= 15 is 0 Å². The van der Waals surface area contributed by atoms with Gasteiger partial charge in [0.25, 0.3) is 0 Å². The lowest BCUT2D eigenvalue weighted by atomic mass is 10.2. The predicted molar refractivity (Wildman–Crippen MR) is 88.4 cm³/mol. The highest BCUT2D eigenvalue weighted by Gasteiger charge is 2.40. The molecule has 0 atom stereocenters. The van der Waals surface area contributed by atoms with Crippen molar-refractivity contribution in [2.24, 2.45) is 0 Å². The van der Waals surface area contributed by atoms with Crippen molar-refractivity contribution in [3.8, 4) is 5.82 Å². The van der Waals surface area contributed by atoms with Crippen LogP contribution in [0.2, 0.25) is 0 Å². The molecule has 0 aliphatic carbocycles. The Kier molecular flexibility index (Phi) is 5.13. The number of carbonyl (C=O) groups excluding carboxylic acids is 1. The van der Waals surface area contributed by atoms with Crippen molar-refractivity contribution >= 4 is 21.9 Å². The molecule has 2 aromatic heterocycles. The standard InChI is InChI=1S/C15H17F3N4O3S/c1-9(2)21(3)14-11(8-23)13(15(16,17)18)20-22(14)12-6-5-10(7-19-12)26(4,24)25/h5-9H,1-4H3. The molecule has 0 saturated heterocycles. The maximum absolute atomic E-state index is 13.3. The Morgan fingerprint density at radius 1 is 1.27 bits per heavy atom. The van der Waals surface area contributed by atoms with Gasteiger partial charge in [-0.15, -0.1) is 0 Å². The van der Waals surface area contributed by atoms with Crippen LogP contribution in [-0.4, -0.2) is 48.8 Å². The average Bonchev–Trinajstić information content (AvgIpc) is 2.92. The Morgan fingerprint density at radius 3 is 2.27 bits per heavy atom. The summed E-state index contributed by atoms with van der Waals surface area (Å²) in [5.74, 6) is -0.125. The number of alkyl halides is 3. The van der Waals surface area contributed by atoms with Crippen molar-refractivity contribution in [1.82, 2.24) is 14.8 Å². The number of nitrogens with zero attached hydrogens (tertiary/aromatic N) is 4. The number of rotatable bonds is 5. The highest BCUT2D eigenvalue weighted by atomic mass is 32.2. The van der Waals surface area contributed by atoms with Gasteiger partial charge in [0.2, 0.25) is 0 Å². The molecule has 2 heterocycles. The summed E-state index contributed by atoms with van der Waals surface area (Å²) in [5.41, 5.74) is -1.94. The molecule has 26 heavy (non-hydrogen) atoms. The van der Waals surface area contributed by atoms with Gasteiger partial charge in [-0.25, -0.2) is 13.4 Å². The van der Waals surface area contributed by atoms with Crippen molar-refractivity contribution in [2.45, 2.75) is 31.0 Å². The lowest BCUT2D eigenvalue weighted by Gasteiger charge is -2.24. The van der Waals surface area contributed by atoms with Gasteiger partial charge in [0.1, 0.15) is 5.82 Å². The van der Waals surface area contributed by atoms with Gasteiger partial charge in [0.05, 0.1) is 10.5 Å². The molecule has 0 fully saturated rings. The Bertz CT molecular complexity index is 919. The molecule has 0 aromatic carbocycles. The second-order valence-electron chi connectivity index (χ2n) is 5.94. The summed E-state index contributed by atoms with van der Waals surface area (Å²) in [4.78, 5) is 16.6. The summed E-state index contributed by atoms with van der Waals surface area (Å²) in [6.45, 7) is 3.47. The first-order valence-electron chi connectivity index (χ1n) is 7.42. The minimum absolute atomic E-state index is 0.0431. The minimum atomic E-state index is -4.83. The first kappa shape index (κ1) is 19.9. The largest absolute Gasteiger partial charge is 0.435 e. The van der Waals surface area contributed by atoms with Crippen LogP contribution in [0.1, 0.15) is 29.9 Å². The molecule has 0 N–H and O–H groups in total. The van der Waals surface area contributed by atoms with Crippen molar-refractivity contribution in [2.75, 3.05) is 18.2 Å². The fraction of sp³-hybridized carbons (Fsp3) is 0.400. The Morgan fingerprint density at radius 2 is 1.88 bits per heavy atom. The summed E-state index contributed by atoms with van der Waals surface area (Å²) in [6.07, 6.45) is -2.71. The fourth-order valence-electron chi connectivity index (χ4n) is 2.20. The van der Waals surface area contributed by atoms with Gasteiger partial charge in [0.15, 0.2) is 27.6 Å². The molecule has 0 radical (unpaired) electrons. The van der Waals surface area contributed by atoms with Crippen LogP contribution in [-0.2, 0) is 16.0 Å². The molecule has 7 nitrogen and oxygen atoms in total. The number of aldehydes is 1. The third-order valence-electron chi connectivity index (χ3n) is 3.76. The number of aromatic nitrogens is 3. The van der Waals surface area contributed by atoms with Crippen molar-refractivity contribution in [3.63, 3.8) is 0 Å². The van der Waals surface area contributed by atoms with Crippen LogP contribution in [0.4, 0.5) is 19.0 Å². The van der Waals surface area contributed by atoms with Crippen LogP contribution < -0.4 is 4.90 Å². The van der Waals surface area contributed by atoms with E-state index in [1.165, 1.54) is 24.1 Å². The number of carbonyl (C=O) groups is 1. The SMILES string of the molecule is CC(C)N(C)c1c(C=O)c(C(F)(F)F)nn1-c1ccc(S(C)(=O)=O)cn1. The van der Waals surface area contributed by atoms with E-state index in [2.05, 4.69) is 10.1 Å². The van der Waals surface area contributed by atoms with E-state index in [0.29, 0.717) is 0 Å². The molecule has 0 amide bonds. The van der Waals surface area contributed by atoms with Crippen LogP contribution in [0.5, 0.6) is 0 Å². The molecule has 0 bridgehead atoms. The van der Waals surface area contributed by atoms with Gasteiger partial charge < -0.3 is 4.90 Å². The first-order valence-corrected chi connectivity index (χ1v) is 9.31. The van der Waals surface area contributed by atoms with Crippen molar-refractivity contribution in [3.05, 3.63) is 29.6 Å². The molecule has 2 aromatic rings. The predicted octanol–water partition coefficient (Wildman–Crippen LogP) is 2.35. The first-order chi connectivity index (χ1) is 11.9. The Hall–Kier alpha value is -2.43. The molecule has 0 spiro atoms. The maximum atomic E-state index is 13.3. The second kappa shape index (κ2) is 6.71. The molecule has 0 aliphatic rings. The quantitative estimate of drug-likeness (QED) is 0.729. The van der Waals surface area contributed by atoms with Gasteiger partial charge in [-0.05, 0) is 26.0 Å². The summed E-state index contributed by atoms with van der Waals surface area (Å²) >= 11 is 0. The topological polar surface area (TPSA) is 85.2 Å². The monoisotopic (exact) mass is 390 g/mol. The zero-order valence-corrected chi connectivity index (χ0v) is 15.3. The summed E-state index contributed by atoms with van der Waals surface area (Å²) in [6, 6.07) is 2.21. The third-order valence-corrected chi connectivity index (χ3v) is 4.86. The molecular formula is C15H17F3N4O3S. The van der Waals surface area contributed by atoms with Gasteiger partial charge in [-0.2, -0.15) is 23.0 Å². The van der Waals surface area contributed by atoms with E-state index in [0.717, 1.165) is 17.1 Å². The van der Waals surface area contributed by atoms with E-state index in [-0.39, 0.29) is 28.9 Å². The zero-order valence-electron chi connectivity index (χ0n) is 14.4. The smallest absolute Gasteiger partial charge is 0.356 e. The van der Waals surface area contributed by atoms with Gasteiger partial charge in [0, 0.05) is 25.5 Å². The molecule has 0 saturated carbocycles. The van der Waals surface area contributed by atoms with Gasteiger partial charge >= 0.3 is 6.18 Å². The lowest BCUT2D eigenvalue weighted by Crippen LogP contribution is -2.29. The number of halogens is 3. The van der Waals surface area contributed by atoms with Gasteiger partial charge in [-0.1, -0.05) is 0 Å². The van der Waals surface area contributed by atoms with E-state index in [4.69, 9.17) is 0 Å². The number of anilines is 1. The molecular weight excluding hydrogens is 373 g/mol. The highest BCUT2D eigenvalue weighted by molar-refractivity contribution is 7.90. The molecule has 0 unspecified atom stereocenters. The summed E-state index contributed by atoms with van der Waals surface area (Å²) in [5, 5.41) is 3.52. The van der Waals surface area contributed by atoms with Crippen molar-refractivity contribution in [1.29, 1.82) is 0 Å². The van der Waals surface area contributed by atoms with Crippen LogP contribution in [0.25, 0.3) is 5.82 Å². The average molecular weight is 390 g/mol. The van der Waals surface area contributed by atoms with Crippen LogP contribution >= 0.6 is 0 Å². The third kappa shape index (κ3) is 3.71. The van der Waals surface area contributed by atoms with E-state index in [1.54, 1.807) is 13.8 Å². The van der Waals surface area contributed by atoms with E-state index < -0.39 is 27.3 Å². The molecule has 2 rings (SSSR count). The van der Waals surface area contributed by atoms with Crippen LogP contribution in [0.3, 0.4) is 0 Å². The van der Waals surface area contributed by atoms with Crippen LogP contribution in [0, 0.1) is 0 Å². The highest BCUT2D eigenvalue weighted by Crippen LogP contribution is 2.36. The number of sulfone groups is 1. The summed E-state index contributed by atoms with van der Waals surface area (Å²) < 4.78 is 63.7. The molecule has 142 valence electrons. The van der Waals surface area contributed by atoms with Crippen molar-refractivity contribution < 1.29 is 26.4 Å². The lowest BCUT2D eigenvalue weighted by molar-refractivity contribution is -0.141. The van der Waals surface area contributed by atoms with E-state index in [1.807, 2.05) is 0 Å².